The zero-order chi connectivity index (χ0) is 15.1. The molecule has 1 nitrogen and oxygen atoms in total. The second-order valence-electron chi connectivity index (χ2n) is 8.35. The quantitative estimate of drug-likeness (QED) is 0.465. The van der Waals surface area contributed by atoms with Gasteiger partial charge in [-0.05, 0) is 42.9 Å². The van der Waals surface area contributed by atoms with Crippen LogP contribution in [-0.4, -0.2) is 12.6 Å². The van der Waals surface area contributed by atoms with E-state index in [1.165, 1.54) is 77.2 Å². The molecule has 3 atom stereocenters. The van der Waals surface area contributed by atoms with Crippen LogP contribution in [0.15, 0.2) is 0 Å². The number of rotatable bonds is 11. The molecular weight excluding hydrogens is 254 g/mol. The summed E-state index contributed by atoms with van der Waals surface area (Å²) in [7, 11) is 0. The van der Waals surface area contributed by atoms with Crippen LogP contribution >= 0.6 is 0 Å². The standard InChI is InChI=1S/C20H39N/c1-4-5-6-7-8-9-10-13-20(16-21-17(2)3)15-18-11-12-19(20)14-18/h17-19,21H,4-16H2,1-3H3. The van der Waals surface area contributed by atoms with Gasteiger partial charge in [0.1, 0.15) is 0 Å². The minimum absolute atomic E-state index is 0.648. The summed E-state index contributed by atoms with van der Waals surface area (Å²) in [5.41, 5.74) is 0.677. The van der Waals surface area contributed by atoms with Gasteiger partial charge in [-0.15, -0.1) is 0 Å². The molecule has 2 fully saturated rings. The molecule has 3 unspecified atom stereocenters. The molecule has 0 spiro atoms. The fraction of sp³-hybridized carbons (Fsp3) is 1.00. The summed E-state index contributed by atoms with van der Waals surface area (Å²) in [6, 6.07) is 0.648. The Morgan fingerprint density at radius 3 is 2.29 bits per heavy atom. The zero-order valence-electron chi connectivity index (χ0n) is 14.9. The van der Waals surface area contributed by atoms with E-state index in [1.54, 1.807) is 6.42 Å². The zero-order valence-corrected chi connectivity index (χ0v) is 14.9. The fourth-order valence-electron chi connectivity index (χ4n) is 5.01. The molecule has 0 heterocycles. The summed E-state index contributed by atoms with van der Waals surface area (Å²) in [6.07, 6.45) is 17.8. The van der Waals surface area contributed by atoms with E-state index in [9.17, 15) is 0 Å². The van der Waals surface area contributed by atoms with E-state index >= 15 is 0 Å². The van der Waals surface area contributed by atoms with Crippen LogP contribution in [0.3, 0.4) is 0 Å². The third-order valence-electron chi connectivity index (χ3n) is 6.24. The number of unbranched alkanes of at least 4 members (excludes halogenated alkanes) is 6. The molecule has 0 aromatic rings. The van der Waals surface area contributed by atoms with Crippen molar-refractivity contribution in [3.8, 4) is 0 Å². The number of nitrogens with one attached hydrogen (secondary N) is 1. The lowest BCUT2D eigenvalue weighted by molar-refractivity contribution is 0.134. The van der Waals surface area contributed by atoms with Gasteiger partial charge in [-0.25, -0.2) is 0 Å². The average molecular weight is 294 g/mol. The Labute approximate surface area is 133 Å². The Hall–Kier alpha value is -0.0400. The summed E-state index contributed by atoms with van der Waals surface area (Å²) in [4.78, 5) is 0. The molecule has 0 aromatic heterocycles. The molecule has 2 bridgehead atoms. The summed E-state index contributed by atoms with van der Waals surface area (Å²) in [5.74, 6) is 2.13. The average Bonchev–Trinajstić information content (AvgIpc) is 3.05. The maximum atomic E-state index is 3.78. The molecule has 2 aliphatic carbocycles. The highest BCUT2D eigenvalue weighted by Crippen LogP contribution is 2.57. The Bertz CT molecular complexity index is 286. The molecule has 2 aliphatic rings. The Kier molecular flexibility index (Phi) is 7.05. The molecule has 0 saturated heterocycles. The van der Waals surface area contributed by atoms with E-state index in [0.29, 0.717) is 11.5 Å². The topological polar surface area (TPSA) is 12.0 Å². The molecule has 0 aromatic carbocycles. The van der Waals surface area contributed by atoms with Gasteiger partial charge in [0.2, 0.25) is 0 Å². The molecule has 2 rings (SSSR count). The van der Waals surface area contributed by atoms with Crippen molar-refractivity contribution in [3.05, 3.63) is 0 Å². The molecule has 2 saturated carbocycles. The predicted octanol–water partition coefficient (Wildman–Crippen LogP) is 5.93. The lowest BCUT2D eigenvalue weighted by Gasteiger charge is -2.39. The summed E-state index contributed by atoms with van der Waals surface area (Å²) < 4.78 is 0. The highest BCUT2D eigenvalue weighted by molar-refractivity contribution is 5.01. The van der Waals surface area contributed by atoms with Crippen LogP contribution in [0.5, 0.6) is 0 Å². The summed E-state index contributed by atoms with van der Waals surface area (Å²) in [6.45, 7) is 8.20. The monoisotopic (exact) mass is 293 g/mol. The molecule has 0 aliphatic heterocycles. The van der Waals surface area contributed by atoms with Gasteiger partial charge in [0, 0.05) is 12.6 Å². The number of hydrogen-bond acceptors (Lipinski definition) is 1. The minimum Gasteiger partial charge on any atom is -0.314 e. The van der Waals surface area contributed by atoms with Crippen molar-refractivity contribution in [2.24, 2.45) is 17.3 Å². The molecule has 0 amide bonds. The maximum Gasteiger partial charge on any atom is 0.00129 e. The lowest BCUT2D eigenvalue weighted by atomic mass is 9.69. The number of hydrogen-bond donors (Lipinski definition) is 1. The van der Waals surface area contributed by atoms with Crippen molar-refractivity contribution >= 4 is 0 Å². The Balaban J connectivity index is 1.70. The van der Waals surface area contributed by atoms with Crippen LogP contribution < -0.4 is 5.32 Å². The van der Waals surface area contributed by atoms with Crippen molar-refractivity contribution in [2.75, 3.05) is 6.54 Å². The number of fused-ring (bicyclic) bond motifs is 2. The van der Waals surface area contributed by atoms with Crippen LogP contribution in [-0.2, 0) is 0 Å². The lowest BCUT2D eigenvalue weighted by Crippen LogP contribution is -2.41. The Morgan fingerprint density at radius 2 is 1.71 bits per heavy atom. The van der Waals surface area contributed by atoms with E-state index in [2.05, 4.69) is 26.1 Å². The first-order valence-electron chi connectivity index (χ1n) is 9.89. The van der Waals surface area contributed by atoms with Crippen molar-refractivity contribution < 1.29 is 0 Å². The van der Waals surface area contributed by atoms with Gasteiger partial charge in [-0.2, -0.15) is 0 Å². The van der Waals surface area contributed by atoms with Crippen molar-refractivity contribution in [1.82, 2.24) is 5.32 Å². The van der Waals surface area contributed by atoms with E-state index in [4.69, 9.17) is 0 Å². The van der Waals surface area contributed by atoms with E-state index in [0.717, 1.165) is 11.8 Å². The molecule has 1 N–H and O–H groups in total. The van der Waals surface area contributed by atoms with Crippen molar-refractivity contribution in [1.29, 1.82) is 0 Å². The third-order valence-corrected chi connectivity index (χ3v) is 6.24. The van der Waals surface area contributed by atoms with Gasteiger partial charge in [0.05, 0.1) is 0 Å². The van der Waals surface area contributed by atoms with E-state index in [-0.39, 0.29) is 0 Å². The molecular formula is C20H39N. The third kappa shape index (κ3) is 4.98. The largest absolute Gasteiger partial charge is 0.314 e. The van der Waals surface area contributed by atoms with Gasteiger partial charge in [0.15, 0.2) is 0 Å². The molecule has 21 heavy (non-hydrogen) atoms. The summed E-state index contributed by atoms with van der Waals surface area (Å²) in [5, 5.41) is 3.78. The molecule has 1 heteroatoms. The first-order chi connectivity index (χ1) is 10.2. The van der Waals surface area contributed by atoms with Crippen molar-refractivity contribution in [3.63, 3.8) is 0 Å². The highest BCUT2D eigenvalue weighted by atomic mass is 14.9. The molecule has 124 valence electrons. The fourth-order valence-corrected chi connectivity index (χ4v) is 5.01. The van der Waals surface area contributed by atoms with E-state index in [1.807, 2.05) is 0 Å². The Morgan fingerprint density at radius 1 is 1.00 bits per heavy atom. The second-order valence-corrected chi connectivity index (χ2v) is 8.35. The van der Waals surface area contributed by atoms with Crippen LogP contribution in [0.2, 0.25) is 0 Å². The minimum atomic E-state index is 0.648. The summed E-state index contributed by atoms with van der Waals surface area (Å²) >= 11 is 0. The van der Waals surface area contributed by atoms with Gasteiger partial charge in [-0.3, -0.25) is 0 Å². The van der Waals surface area contributed by atoms with Gasteiger partial charge in [-0.1, -0.05) is 72.1 Å². The van der Waals surface area contributed by atoms with Crippen LogP contribution in [0.25, 0.3) is 0 Å². The highest BCUT2D eigenvalue weighted by Gasteiger charge is 2.49. The van der Waals surface area contributed by atoms with Gasteiger partial charge < -0.3 is 5.32 Å². The van der Waals surface area contributed by atoms with Gasteiger partial charge in [0.25, 0.3) is 0 Å². The smallest absolute Gasteiger partial charge is 0.00129 e. The first-order valence-corrected chi connectivity index (χ1v) is 9.89. The van der Waals surface area contributed by atoms with E-state index < -0.39 is 0 Å². The maximum absolute atomic E-state index is 3.78. The first kappa shape index (κ1) is 17.3. The van der Waals surface area contributed by atoms with Gasteiger partial charge >= 0.3 is 0 Å². The van der Waals surface area contributed by atoms with Crippen LogP contribution in [0, 0.1) is 17.3 Å². The normalized spacial score (nSPS) is 31.4. The second kappa shape index (κ2) is 8.56. The predicted molar refractivity (Wildman–Crippen MR) is 93.6 cm³/mol. The van der Waals surface area contributed by atoms with Crippen LogP contribution in [0.4, 0.5) is 0 Å². The molecule has 0 radical (unpaired) electrons. The SMILES string of the molecule is CCCCCCCCCC1(CNC(C)C)CC2CCC1C2. The van der Waals surface area contributed by atoms with Crippen LogP contribution in [0.1, 0.15) is 97.8 Å². The van der Waals surface area contributed by atoms with Crippen molar-refractivity contribution in [2.45, 2.75) is 104 Å².